The van der Waals surface area contributed by atoms with Gasteiger partial charge in [-0.05, 0) is 57.8 Å². The van der Waals surface area contributed by atoms with Crippen molar-refractivity contribution in [1.29, 1.82) is 0 Å². The van der Waals surface area contributed by atoms with Crippen LogP contribution in [0.4, 0.5) is 0 Å². The van der Waals surface area contributed by atoms with Gasteiger partial charge in [0.2, 0.25) is 0 Å². The lowest BCUT2D eigenvalue weighted by Crippen LogP contribution is -2.16. The van der Waals surface area contributed by atoms with Crippen LogP contribution < -0.4 is 0 Å². The number of nitrogens with zero attached hydrogens (tertiary/aromatic N) is 2. The average molecular weight is 367 g/mol. The first-order chi connectivity index (χ1) is 9.92. The van der Waals surface area contributed by atoms with Gasteiger partial charge in [-0.2, -0.15) is 0 Å². The highest BCUT2D eigenvalue weighted by molar-refractivity contribution is 8.67. The topological polar surface area (TPSA) is 43.2 Å². The third-order valence-electron chi connectivity index (χ3n) is 3.30. The van der Waals surface area contributed by atoms with Crippen molar-refractivity contribution in [2.45, 2.75) is 51.8 Å². The molecule has 8 heteroatoms. The predicted molar refractivity (Wildman–Crippen MR) is 99.0 cm³/mol. The number of aliphatic imine (C=N–C) groups is 1. The molecule has 2 aliphatic rings. The minimum Gasteiger partial charge on any atom is -0.328 e. The third kappa shape index (κ3) is 4.71. The van der Waals surface area contributed by atoms with E-state index in [-0.39, 0.29) is 4.87 Å². The van der Waals surface area contributed by atoms with Gasteiger partial charge < -0.3 is 9.15 Å². The molecule has 0 aromatic rings. The van der Waals surface area contributed by atoms with E-state index >= 15 is 0 Å². The first-order valence-electron chi connectivity index (χ1n) is 7.34. The van der Waals surface area contributed by atoms with Gasteiger partial charge in [0, 0.05) is 5.75 Å². The van der Waals surface area contributed by atoms with Crippen molar-refractivity contribution in [2.75, 3.05) is 12.4 Å². The van der Waals surface area contributed by atoms with Crippen LogP contribution in [-0.2, 0) is 21.0 Å². The highest BCUT2D eigenvalue weighted by atomic mass is 32.9. The lowest BCUT2D eigenvalue weighted by molar-refractivity contribution is 0.281. The summed E-state index contributed by atoms with van der Waals surface area (Å²) < 4.78 is 11.3. The van der Waals surface area contributed by atoms with E-state index in [1.54, 1.807) is 23.1 Å². The van der Waals surface area contributed by atoms with E-state index in [0.29, 0.717) is 12.5 Å². The molecule has 0 amide bonds. The van der Waals surface area contributed by atoms with Crippen molar-refractivity contribution in [1.82, 2.24) is 0 Å². The van der Waals surface area contributed by atoms with Crippen molar-refractivity contribution in [3.63, 3.8) is 0 Å². The van der Waals surface area contributed by atoms with E-state index in [4.69, 9.17) is 25.9 Å². The molecule has 0 radical (unpaired) electrons. The van der Waals surface area contributed by atoms with E-state index in [0.717, 1.165) is 22.9 Å². The summed E-state index contributed by atoms with van der Waals surface area (Å²) in [6.07, 6.45) is 3.57. The van der Waals surface area contributed by atoms with Crippen LogP contribution in [0.5, 0.6) is 0 Å². The van der Waals surface area contributed by atoms with Crippen LogP contribution in [0.1, 0.15) is 47.0 Å². The molecule has 0 aromatic carbocycles. The van der Waals surface area contributed by atoms with E-state index in [9.17, 15) is 0 Å². The van der Waals surface area contributed by atoms with E-state index in [2.05, 4.69) is 19.0 Å². The SMILES string of the molecule is CCCSP(=S)(OCC)ON=C1SC(C)(C2CC2)N=C1C. The van der Waals surface area contributed by atoms with Gasteiger partial charge in [-0.25, -0.2) is 0 Å². The minimum absolute atomic E-state index is 0.0585. The first kappa shape index (κ1) is 17.8. The fourth-order valence-corrected chi connectivity index (χ4v) is 7.54. The Balaban J connectivity index is 2.02. The van der Waals surface area contributed by atoms with Crippen molar-refractivity contribution in [2.24, 2.45) is 16.1 Å². The Morgan fingerprint density at radius 2 is 2.24 bits per heavy atom. The third-order valence-corrected chi connectivity index (χ3v) is 9.94. The smallest absolute Gasteiger partial charge is 0.321 e. The molecule has 0 N–H and O–H groups in total. The Morgan fingerprint density at radius 3 is 2.81 bits per heavy atom. The van der Waals surface area contributed by atoms with Crippen molar-refractivity contribution < 1.29 is 9.15 Å². The molecule has 0 spiro atoms. The Kier molecular flexibility index (Phi) is 6.23. The molecule has 0 bridgehead atoms. The predicted octanol–water partition coefficient (Wildman–Crippen LogP) is 5.05. The number of rotatable bonds is 8. The summed E-state index contributed by atoms with van der Waals surface area (Å²) in [7, 11) is 0. The normalized spacial score (nSPS) is 30.3. The molecule has 1 fully saturated rings. The van der Waals surface area contributed by atoms with Crippen LogP contribution >= 0.6 is 28.8 Å². The molecule has 0 aromatic heterocycles. The van der Waals surface area contributed by atoms with Gasteiger partial charge >= 0.3 is 5.69 Å². The largest absolute Gasteiger partial charge is 0.328 e. The Hall–Kier alpha value is 0.450. The number of hydrogen-bond acceptors (Lipinski definition) is 7. The fraction of sp³-hybridized carbons (Fsp3) is 0.846. The summed E-state index contributed by atoms with van der Waals surface area (Å²) in [6.45, 7) is 8.79. The van der Waals surface area contributed by atoms with Crippen LogP contribution in [0, 0.1) is 5.92 Å². The average Bonchev–Trinajstić information content (AvgIpc) is 3.23. The van der Waals surface area contributed by atoms with Gasteiger partial charge in [-0.1, -0.05) is 35.2 Å². The van der Waals surface area contributed by atoms with Gasteiger partial charge in [0.05, 0.1) is 12.3 Å². The summed E-state index contributed by atoms with van der Waals surface area (Å²) in [5.74, 6) is 1.61. The van der Waals surface area contributed by atoms with Gasteiger partial charge in [0.1, 0.15) is 4.87 Å². The molecular formula is C13H23N2O2PS3. The maximum atomic E-state index is 5.67. The Labute approximate surface area is 140 Å². The zero-order valence-electron chi connectivity index (χ0n) is 13.0. The standard InChI is InChI=1S/C13H23N2O2PS3/c1-5-9-20-18(19,16-6-2)17-15-12-10(3)14-13(4,21-12)11-7-8-11/h11H,5-9H2,1-4H3. The number of oxime groups is 1. The van der Waals surface area contributed by atoms with Crippen LogP contribution in [0.3, 0.4) is 0 Å². The Morgan fingerprint density at radius 1 is 1.52 bits per heavy atom. The van der Waals surface area contributed by atoms with E-state index < -0.39 is 5.69 Å². The summed E-state index contributed by atoms with van der Waals surface area (Å²) >= 11 is 8.81. The minimum atomic E-state index is -2.37. The quantitative estimate of drug-likeness (QED) is 0.444. The molecule has 0 saturated heterocycles. The second-order valence-corrected chi connectivity index (χ2v) is 13.1. The lowest BCUT2D eigenvalue weighted by atomic mass is 10.2. The number of thioether (sulfide) groups is 1. The second-order valence-electron chi connectivity index (χ2n) is 5.30. The summed E-state index contributed by atoms with van der Waals surface area (Å²) in [4.78, 5) is 4.71. The Bertz CT molecular complexity index is 494. The molecular weight excluding hydrogens is 343 g/mol. The molecule has 21 heavy (non-hydrogen) atoms. The highest BCUT2D eigenvalue weighted by Gasteiger charge is 2.47. The molecule has 2 rings (SSSR count). The fourth-order valence-electron chi connectivity index (χ4n) is 2.08. The van der Waals surface area contributed by atoms with E-state index in [1.807, 2.05) is 13.8 Å². The van der Waals surface area contributed by atoms with E-state index in [1.165, 1.54) is 12.8 Å². The monoisotopic (exact) mass is 366 g/mol. The summed E-state index contributed by atoms with van der Waals surface area (Å²) in [5.41, 5.74) is -1.42. The first-order valence-corrected chi connectivity index (χ1v) is 12.4. The van der Waals surface area contributed by atoms with Gasteiger partial charge in [-0.15, -0.1) is 0 Å². The molecule has 1 aliphatic carbocycles. The van der Waals surface area contributed by atoms with Crippen LogP contribution in [-0.4, -0.2) is 28.0 Å². The van der Waals surface area contributed by atoms with Gasteiger partial charge in [0.25, 0.3) is 0 Å². The summed E-state index contributed by atoms with van der Waals surface area (Å²) in [5, 5.41) is 5.16. The molecule has 1 saturated carbocycles. The number of hydrogen-bond donors (Lipinski definition) is 0. The zero-order chi connectivity index (χ0) is 15.5. The molecule has 2 atom stereocenters. The molecule has 120 valence electrons. The summed E-state index contributed by atoms with van der Waals surface area (Å²) in [6, 6.07) is 0. The molecule has 4 nitrogen and oxygen atoms in total. The van der Waals surface area contributed by atoms with Crippen molar-refractivity contribution in [3.8, 4) is 0 Å². The molecule has 2 unspecified atom stereocenters. The molecule has 1 aliphatic heterocycles. The maximum absolute atomic E-state index is 5.67. The zero-order valence-corrected chi connectivity index (χ0v) is 16.3. The maximum Gasteiger partial charge on any atom is 0.321 e. The van der Waals surface area contributed by atoms with Gasteiger partial charge in [-0.3, -0.25) is 4.99 Å². The van der Waals surface area contributed by atoms with Crippen molar-refractivity contribution in [3.05, 3.63) is 0 Å². The highest BCUT2D eigenvalue weighted by Crippen LogP contribution is 2.61. The molecule has 1 heterocycles. The second kappa shape index (κ2) is 7.35. The van der Waals surface area contributed by atoms with Crippen LogP contribution in [0.15, 0.2) is 10.1 Å². The van der Waals surface area contributed by atoms with Crippen molar-refractivity contribution >= 4 is 51.4 Å². The van der Waals surface area contributed by atoms with Crippen LogP contribution in [0.25, 0.3) is 0 Å². The van der Waals surface area contributed by atoms with Gasteiger partial charge in [0.15, 0.2) is 5.04 Å². The van der Waals surface area contributed by atoms with Crippen LogP contribution in [0.2, 0.25) is 0 Å². The lowest BCUT2D eigenvalue weighted by Gasteiger charge is -2.19.